The summed E-state index contributed by atoms with van der Waals surface area (Å²) in [6.07, 6.45) is 0.191. The Labute approximate surface area is 102 Å². The first kappa shape index (κ1) is 11.9. The van der Waals surface area contributed by atoms with E-state index in [0.717, 1.165) is 11.0 Å². The molecule has 1 atom stereocenters. The van der Waals surface area contributed by atoms with Crippen molar-refractivity contribution in [3.63, 3.8) is 0 Å². The van der Waals surface area contributed by atoms with Gasteiger partial charge in [-0.3, -0.25) is 9.59 Å². The number of carboxylic acids is 1. The lowest BCUT2D eigenvalue weighted by Crippen LogP contribution is -2.30. The van der Waals surface area contributed by atoms with Crippen LogP contribution in [0.5, 0.6) is 0 Å². The smallest absolute Gasteiger partial charge is 0.316 e. The van der Waals surface area contributed by atoms with Gasteiger partial charge in [-0.25, -0.2) is 4.39 Å². The minimum Gasteiger partial charge on any atom is -0.481 e. The lowest BCUT2D eigenvalue weighted by Gasteiger charge is -2.16. The van der Waals surface area contributed by atoms with Crippen LogP contribution in [0.15, 0.2) is 18.2 Å². The Balaban J connectivity index is 2.30. The van der Waals surface area contributed by atoms with Gasteiger partial charge in [0.15, 0.2) is 0 Å². The number of halogens is 2. The maximum Gasteiger partial charge on any atom is 0.316 e. The highest BCUT2D eigenvalue weighted by Crippen LogP contribution is 2.29. The van der Waals surface area contributed by atoms with Crippen LogP contribution in [0.1, 0.15) is 6.42 Å². The third-order valence-electron chi connectivity index (χ3n) is 2.70. The summed E-state index contributed by atoms with van der Waals surface area (Å²) in [6, 6.07) is 3.93. The summed E-state index contributed by atoms with van der Waals surface area (Å²) in [5.74, 6) is -3.47. The molecule has 0 bridgehead atoms. The molecular formula is C11H9ClFNO3. The van der Waals surface area contributed by atoms with Gasteiger partial charge in [0.2, 0.25) is 5.91 Å². The molecule has 1 amide bonds. The number of carbonyl (C=O) groups excluding carboxylic acids is 1. The molecule has 17 heavy (non-hydrogen) atoms. The molecule has 0 radical (unpaired) electrons. The zero-order valence-corrected chi connectivity index (χ0v) is 9.45. The number of anilines is 1. The van der Waals surface area contributed by atoms with Crippen LogP contribution in [-0.4, -0.2) is 23.5 Å². The molecular weight excluding hydrogens is 249 g/mol. The summed E-state index contributed by atoms with van der Waals surface area (Å²) in [5.41, 5.74) is 0.0724. The number of hydrogen-bond donors (Lipinski definition) is 1. The van der Waals surface area contributed by atoms with Gasteiger partial charge in [-0.15, -0.1) is 0 Å². The van der Waals surface area contributed by atoms with Gasteiger partial charge >= 0.3 is 5.97 Å². The first-order valence-electron chi connectivity index (χ1n) is 5.00. The van der Waals surface area contributed by atoms with Crippen molar-refractivity contribution in [1.82, 2.24) is 0 Å². The monoisotopic (exact) mass is 257 g/mol. The second kappa shape index (κ2) is 4.33. The Morgan fingerprint density at radius 3 is 2.76 bits per heavy atom. The van der Waals surface area contributed by atoms with Crippen molar-refractivity contribution in [2.75, 3.05) is 11.4 Å². The maximum absolute atomic E-state index is 13.6. The van der Waals surface area contributed by atoms with Gasteiger partial charge in [-0.1, -0.05) is 11.6 Å². The van der Waals surface area contributed by atoms with Crippen LogP contribution in [0.4, 0.5) is 10.1 Å². The van der Waals surface area contributed by atoms with Crippen LogP contribution in [-0.2, 0) is 9.59 Å². The molecule has 0 saturated carbocycles. The topological polar surface area (TPSA) is 57.6 Å². The minimum atomic E-state index is -1.17. The van der Waals surface area contributed by atoms with Gasteiger partial charge in [-0.05, 0) is 24.6 Å². The van der Waals surface area contributed by atoms with E-state index in [1.54, 1.807) is 0 Å². The van der Waals surface area contributed by atoms with Crippen LogP contribution in [0.3, 0.4) is 0 Å². The van der Waals surface area contributed by atoms with Crippen molar-refractivity contribution < 1.29 is 19.1 Å². The molecule has 0 spiro atoms. The highest BCUT2D eigenvalue weighted by Gasteiger charge is 2.38. The second-order valence-corrected chi connectivity index (χ2v) is 4.20. The van der Waals surface area contributed by atoms with E-state index in [0.29, 0.717) is 0 Å². The first-order chi connectivity index (χ1) is 8.00. The normalized spacial score (nSPS) is 19.8. The molecule has 2 rings (SSSR count). The van der Waals surface area contributed by atoms with Gasteiger partial charge in [0.25, 0.3) is 0 Å². The van der Waals surface area contributed by atoms with Crippen molar-refractivity contribution in [1.29, 1.82) is 0 Å². The van der Waals surface area contributed by atoms with E-state index in [2.05, 4.69) is 0 Å². The quantitative estimate of drug-likeness (QED) is 0.824. The van der Waals surface area contributed by atoms with Crippen LogP contribution >= 0.6 is 11.6 Å². The van der Waals surface area contributed by atoms with E-state index >= 15 is 0 Å². The molecule has 1 aromatic rings. The number of nitrogens with zero attached hydrogens (tertiary/aromatic N) is 1. The van der Waals surface area contributed by atoms with Gasteiger partial charge in [-0.2, -0.15) is 0 Å². The molecule has 4 nitrogen and oxygen atoms in total. The summed E-state index contributed by atoms with van der Waals surface area (Å²) in [5, 5.41) is 9.03. The second-order valence-electron chi connectivity index (χ2n) is 3.77. The summed E-state index contributed by atoms with van der Waals surface area (Å²) >= 11 is 5.60. The van der Waals surface area contributed by atoms with Crippen LogP contribution in [0.25, 0.3) is 0 Å². The maximum atomic E-state index is 13.6. The lowest BCUT2D eigenvalue weighted by molar-refractivity contribution is -0.144. The van der Waals surface area contributed by atoms with Crippen LogP contribution in [0, 0.1) is 11.7 Å². The zero-order valence-electron chi connectivity index (χ0n) is 8.69. The summed E-state index contributed by atoms with van der Waals surface area (Å²) in [4.78, 5) is 23.6. The highest BCUT2D eigenvalue weighted by molar-refractivity contribution is 6.30. The van der Waals surface area contributed by atoms with E-state index in [4.69, 9.17) is 16.7 Å². The van der Waals surface area contributed by atoms with Gasteiger partial charge in [0.1, 0.15) is 11.7 Å². The van der Waals surface area contributed by atoms with E-state index in [9.17, 15) is 14.0 Å². The largest absolute Gasteiger partial charge is 0.481 e. The Bertz CT molecular complexity index is 492. The fourth-order valence-corrected chi connectivity index (χ4v) is 2.01. The Morgan fingerprint density at radius 1 is 1.53 bits per heavy atom. The van der Waals surface area contributed by atoms with E-state index in [-0.39, 0.29) is 23.7 Å². The average molecular weight is 258 g/mol. The zero-order chi connectivity index (χ0) is 12.6. The summed E-state index contributed by atoms with van der Waals surface area (Å²) in [7, 11) is 0. The predicted octanol–water partition coefficient (Wildman–Crippen LogP) is 1.92. The fourth-order valence-electron chi connectivity index (χ4n) is 1.85. The molecule has 0 aromatic heterocycles. The fraction of sp³-hybridized carbons (Fsp3) is 0.273. The molecule has 1 fully saturated rings. The number of hydrogen-bond acceptors (Lipinski definition) is 2. The highest BCUT2D eigenvalue weighted by atomic mass is 35.5. The van der Waals surface area contributed by atoms with E-state index in [1.807, 2.05) is 0 Å². The standard InChI is InChI=1S/C11H9ClFNO3/c12-6-1-2-9(8(13)5-6)14-4-3-7(10(14)15)11(16)17/h1-2,5,7H,3-4H2,(H,16,17). The van der Waals surface area contributed by atoms with Gasteiger partial charge < -0.3 is 10.0 Å². The Kier molecular flexibility index (Phi) is 3.02. The number of benzene rings is 1. The van der Waals surface area contributed by atoms with E-state index < -0.39 is 23.6 Å². The molecule has 1 N–H and O–H groups in total. The molecule has 1 aliphatic heterocycles. The molecule has 90 valence electrons. The third kappa shape index (κ3) is 2.10. The number of rotatable bonds is 2. The van der Waals surface area contributed by atoms with Crippen LogP contribution < -0.4 is 4.90 Å². The van der Waals surface area contributed by atoms with E-state index in [1.165, 1.54) is 12.1 Å². The molecule has 0 aliphatic carbocycles. The molecule has 1 aromatic carbocycles. The van der Waals surface area contributed by atoms with Crippen molar-refractivity contribution in [2.45, 2.75) is 6.42 Å². The molecule has 1 unspecified atom stereocenters. The van der Waals surface area contributed by atoms with Crippen molar-refractivity contribution >= 4 is 29.2 Å². The third-order valence-corrected chi connectivity index (χ3v) is 2.94. The minimum absolute atomic E-state index is 0.0724. The van der Waals surface area contributed by atoms with Crippen molar-refractivity contribution in [3.8, 4) is 0 Å². The summed E-state index contributed by atoms with van der Waals surface area (Å²) < 4.78 is 13.6. The summed E-state index contributed by atoms with van der Waals surface area (Å²) in [6.45, 7) is 0.203. The number of carboxylic acid groups (broad SMARTS) is 1. The molecule has 6 heteroatoms. The SMILES string of the molecule is O=C(O)C1CCN(c2ccc(Cl)cc2F)C1=O. The van der Waals surface area contributed by atoms with Crippen molar-refractivity contribution in [2.24, 2.45) is 5.92 Å². The van der Waals surface area contributed by atoms with Gasteiger partial charge in [0.05, 0.1) is 5.69 Å². The molecule has 1 heterocycles. The number of amides is 1. The van der Waals surface area contributed by atoms with Crippen LogP contribution in [0.2, 0.25) is 5.02 Å². The Hall–Kier alpha value is -1.62. The predicted molar refractivity (Wildman–Crippen MR) is 59.5 cm³/mol. The molecule has 1 aliphatic rings. The lowest BCUT2D eigenvalue weighted by atomic mass is 10.1. The van der Waals surface area contributed by atoms with Crippen molar-refractivity contribution in [3.05, 3.63) is 29.0 Å². The molecule has 1 saturated heterocycles. The van der Waals surface area contributed by atoms with Gasteiger partial charge in [0, 0.05) is 11.6 Å². The average Bonchev–Trinajstić information content (AvgIpc) is 2.60. The first-order valence-corrected chi connectivity index (χ1v) is 5.37. The number of aliphatic carboxylic acids is 1. The number of carbonyl (C=O) groups is 2. The Morgan fingerprint density at radius 2 is 2.24 bits per heavy atom.